The molecule has 1 N–H and O–H groups in total. The Bertz CT molecular complexity index is 433. The maximum absolute atomic E-state index is 6.36. The average Bonchev–Trinajstić information content (AvgIpc) is 2.64. The van der Waals surface area contributed by atoms with Gasteiger partial charge in [-0.3, -0.25) is 4.90 Å². The molecule has 3 heteroatoms. The Morgan fingerprint density at radius 2 is 2.15 bits per heavy atom. The van der Waals surface area contributed by atoms with Crippen LogP contribution in [-0.4, -0.2) is 31.6 Å². The fraction of sp³-hybridized carbons (Fsp3) is 0.647. The van der Waals surface area contributed by atoms with Gasteiger partial charge in [0.2, 0.25) is 0 Å². The third-order valence-electron chi connectivity index (χ3n) is 4.52. The van der Waals surface area contributed by atoms with E-state index in [9.17, 15) is 0 Å². The van der Waals surface area contributed by atoms with Crippen LogP contribution in [0.2, 0.25) is 5.02 Å². The Kier molecular flexibility index (Phi) is 5.88. The van der Waals surface area contributed by atoms with E-state index in [1.165, 1.54) is 31.4 Å². The molecule has 1 aromatic carbocycles. The van der Waals surface area contributed by atoms with Gasteiger partial charge in [0.1, 0.15) is 0 Å². The van der Waals surface area contributed by atoms with Crippen molar-refractivity contribution < 1.29 is 0 Å². The second-order valence-corrected chi connectivity index (χ2v) is 6.30. The monoisotopic (exact) mass is 294 g/mol. The lowest BCUT2D eigenvalue weighted by Gasteiger charge is -2.35. The normalized spacial score (nSPS) is 24.6. The standard InChI is InChI=1S/C17H27ClN2/c1-4-20-10-6-5-7-15(12-19-3)17(20)14-9-8-13(2)16(18)11-14/h8-9,11,15,17,19H,4-7,10,12H2,1-3H3. The molecule has 0 aliphatic carbocycles. The molecule has 0 spiro atoms. The summed E-state index contributed by atoms with van der Waals surface area (Å²) in [4.78, 5) is 2.62. The zero-order valence-electron chi connectivity index (χ0n) is 13.0. The SMILES string of the molecule is CCN1CCCCC(CNC)C1c1ccc(C)c(Cl)c1. The van der Waals surface area contributed by atoms with Crippen molar-refractivity contribution in [2.75, 3.05) is 26.7 Å². The van der Waals surface area contributed by atoms with Crippen LogP contribution in [0.3, 0.4) is 0 Å². The minimum absolute atomic E-state index is 0.494. The lowest BCUT2D eigenvalue weighted by molar-refractivity contribution is 0.162. The van der Waals surface area contributed by atoms with Crippen LogP contribution >= 0.6 is 11.6 Å². The van der Waals surface area contributed by atoms with E-state index in [2.05, 4.69) is 49.3 Å². The summed E-state index contributed by atoms with van der Waals surface area (Å²) in [5.41, 5.74) is 2.54. The molecule has 2 rings (SSSR count). The van der Waals surface area contributed by atoms with E-state index in [4.69, 9.17) is 11.6 Å². The smallest absolute Gasteiger partial charge is 0.0438 e. The van der Waals surface area contributed by atoms with Gasteiger partial charge in [0, 0.05) is 11.1 Å². The Morgan fingerprint density at radius 3 is 2.80 bits per heavy atom. The van der Waals surface area contributed by atoms with Crippen molar-refractivity contribution in [1.82, 2.24) is 10.2 Å². The second-order valence-electron chi connectivity index (χ2n) is 5.90. The van der Waals surface area contributed by atoms with E-state index in [1.807, 2.05) is 0 Å². The van der Waals surface area contributed by atoms with Crippen molar-refractivity contribution in [1.29, 1.82) is 0 Å². The Balaban J connectivity index is 2.34. The first-order valence-corrected chi connectivity index (χ1v) is 8.19. The van der Waals surface area contributed by atoms with Crippen LogP contribution < -0.4 is 5.32 Å². The van der Waals surface area contributed by atoms with E-state index >= 15 is 0 Å². The summed E-state index contributed by atoms with van der Waals surface area (Å²) in [5, 5.41) is 4.27. The van der Waals surface area contributed by atoms with Crippen LogP contribution in [0.1, 0.15) is 43.4 Å². The molecular weight excluding hydrogens is 268 g/mol. The van der Waals surface area contributed by atoms with Crippen molar-refractivity contribution in [2.24, 2.45) is 5.92 Å². The van der Waals surface area contributed by atoms with Gasteiger partial charge in [0.25, 0.3) is 0 Å². The first-order valence-electron chi connectivity index (χ1n) is 7.82. The summed E-state index contributed by atoms with van der Waals surface area (Å²) in [7, 11) is 2.06. The minimum Gasteiger partial charge on any atom is -0.319 e. The van der Waals surface area contributed by atoms with Crippen LogP contribution in [0, 0.1) is 12.8 Å². The molecule has 0 aromatic heterocycles. The zero-order chi connectivity index (χ0) is 14.5. The summed E-state index contributed by atoms with van der Waals surface area (Å²) >= 11 is 6.36. The van der Waals surface area contributed by atoms with Crippen molar-refractivity contribution in [2.45, 2.75) is 39.2 Å². The van der Waals surface area contributed by atoms with Crippen LogP contribution in [0.15, 0.2) is 18.2 Å². The fourth-order valence-corrected chi connectivity index (χ4v) is 3.61. The topological polar surface area (TPSA) is 15.3 Å². The van der Waals surface area contributed by atoms with Crippen molar-refractivity contribution in [3.63, 3.8) is 0 Å². The third-order valence-corrected chi connectivity index (χ3v) is 4.93. The predicted octanol–water partition coefficient (Wildman–Crippen LogP) is 4.03. The molecule has 20 heavy (non-hydrogen) atoms. The predicted molar refractivity (Wildman–Crippen MR) is 87.4 cm³/mol. The molecule has 1 saturated heterocycles. The van der Waals surface area contributed by atoms with E-state index in [0.29, 0.717) is 12.0 Å². The Hall–Kier alpha value is -0.570. The number of benzene rings is 1. The van der Waals surface area contributed by atoms with Crippen molar-refractivity contribution in [3.8, 4) is 0 Å². The molecule has 2 atom stereocenters. The van der Waals surface area contributed by atoms with E-state index in [0.717, 1.165) is 23.7 Å². The molecule has 0 bridgehead atoms. The third kappa shape index (κ3) is 3.55. The number of hydrogen-bond donors (Lipinski definition) is 1. The van der Waals surface area contributed by atoms with E-state index in [1.54, 1.807) is 0 Å². The molecule has 2 nitrogen and oxygen atoms in total. The molecule has 1 fully saturated rings. The van der Waals surface area contributed by atoms with Gasteiger partial charge in [-0.05, 0) is 69.6 Å². The summed E-state index contributed by atoms with van der Waals surface area (Å²) < 4.78 is 0. The number of nitrogens with zero attached hydrogens (tertiary/aromatic N) is 1. The van der Waals surface area contributed by atoms with Crippen LogP contribution in [0.5, 0.6) is 0 Å². The zero-order valence-corrected chi connectivity index (χ0v) is 13.7. The molecule has 0 saturated carbocycles. The highest BCUT2D eigenvalue weighted by molar-refractivity contribution is 6.31. The highest BCUT2D eigenvalue weighted by Crippen LogP contribution is 2.36. The summed E-state index contributed by atoms with van der Waals surface area (Å²) in [6.07, 6.45) is 3.94. The van der Waals surface area contributed by atoms with Gasteiger partial charge >= 0.3 is 0 Å². The number of hydrogen-bond acceptors (Lipinski definition) is 2. The van der Waals surface area contributed by atoms with E-state index < -0.39 is 0 Å². The van der Waals surface area contributed by atoms with Gasteiger partial charge in [0.15, 0.2) is 0 Å². The van der Waals surface area contributed by atoms with Gasteiger partial charge in [0.05, 0.1) is 0 Å². The Morgan fingerprint density at radius 1 is 1.35 bits per heavy atom. The van der Waals surface area contributed by atoms with Crippen LogP contribution in [0.25, 0.3) is 0 Å². The first-order chi connectivity index (χ1) is 9.67. The first kappa shape index (κ1) is 15.8. The molecule has 0 radical (unpaired) electrons. The van der Waals surface area contributed by atoms with Gasteiger partial charge in [-0.25, -0.2) is 0 Å². The maximum Gasteiger partial charge on any atom is 0.0438 e. The van der Waals surface area contributed by atoms with Crippen LogP contribution in [0.4, 0.5) is 0 Å². The van der Waals surface area contributed by atoms with E-state index in [-0.39, 0.29) is 0 Å². The molecule has 2 unspecified atom stereocenters. The fourth-order valence-electron chi connectivity index (χ4n) is 3.42. The second kappa shape index (κ2) is 7.44. The van der Waals surface area contributed by atoms with Crippen molar-refractivity contribution in [3.05, 3.63) is 34.3 Å². The number of rotatable bonds is 4. The number of likely N-dealkylation sites (tertiary alicyclic amines) is 1. The molecule has 112 valence electrons. The van der Waals surface area contributed by atoms with Gasteiger partial charge in [-0.2, -0.15) is 0 Å². The average molecular weight is 295 g/mol. The molecule has 0 amide bonds. The quantitative estimate of drug-likeness (QED) is 0.902. The number of halogens is 1. The number of nitrogens with one attached hydrogen (secondary N) is 1. The summed E-state index contributed by atoms with van der Waals surface area (Å²) in [6, 6.07) is 7.10. The highest BCUT2D eigenvalue weighted by Gasteiger charge is 2.29. The largest absolute Gasteiger partial charge is 0.319 e. The summed E-state index contributed by atoms with van der Waals surface area (Å²) in [6.45, 7) is 7.72. The van der Waals surface area contributed by atoms with Crippen molar-refractivity contribution >= 4 is 11.6 Å². The minimum atomic E-state index is 0.494. The lowest BCUT2D eigenvalue weighted by Crippen LogP contribution is -2.36. The Labute approximate surface area is 128 Å². The molecule has 1 aliphatic rings. The van der Waals surface area contributed by atoms with Crippen LogP contribution in [-0.2, 0) is 0 Å². The lowest BCUT2D eigenvalue weighted by atomic mass is 9.88. The summed E-state index contributed by atoms with van der Waals surface area (Å²) in [5.74, 6) is 0.668. The molecule has 1 heterocycles. The van der Waals surface area contributed by atoms with Gasteiger partial charge < -0.3 is 5.32 Å². The van der Waals surface area contributed by atoms with Gasteiger partial charge in [-0.1, -0.05) is 37.1 Å². The molecular formula is C17H27ClN2. The maximum atomic E-state index is 6.36. The molecule has 1 aliphatic heterocycles. The molecule has 1 aromatic rings. The highest BCUT2D eigenvalue weighted by atomic mass is 35.5. The van der Waals surface area contributed by atoms with Gasteiger partial charge in [-0.15, -0.1) is 0 Å². The number of aryl methyl sites for hydroxylation is 1.